The SMILES string of the molecule is CN(c1cc2c(nn1)CCS(=O)(=O)C2)C1CN(c2cc3c(nn2)CCC3)C1. The standard InChI is InChI=1S/C18H22N6O2S/c1-23(17-8-13-11-27(25,26)6-5-16(13)20-21-17)14-9-24(10-14)18-7-12-3-2-4-15(12)19-22-18/h7-8,14H,2-6,9-11H2,1H3. The van der Waals surface area contributed by atoms with Crippen molar-refractivity contribution in [2.45, 2.75) is 37.5 Å². The summed E-state index contributed by atoms with van der Waals surface area (Å²) in [6.07, 6.45) is 3.78. The van der Waals surface area contributed by atoms with Gasteiger partial charge in [-0.15, -0.1) is 10.2 Å². The van der Waals surface area contributed by atoms with Crippen LogP contribution in [0.3, 0.4) is 0 Å². The number of likely N-dealkylation sites (N-methyl/N-ethyl adjacent to an activating group) is 1. The van der Waals surface area contributed by atoms with E-state index in [1.54, 1.807) is 0 Å². The van der Waals surface area contributed by atoms with Crippen molar-refractivity contribution >= 4 is 21.5 Å². The van der Waals surface area contributed by atoms with E-state index in [0.717, 1.165) is 54.5 Å². The van der Waals surface area contributed by atoms with Crippen LogP contribution in [0.15, 0.2) is 12.1 Å². The van der Waals surface area contributed by atoms with Crippen LogP contribution in [0.4, 0.5) is 11.6 Å². The predicted molar refractivity (Wildman–Crippen MR) is 102 cm³/mol. The molecule has 142 valence electrons. The molecule has 4 heterocycles. The normalized spacial score (nSPS) is 20.7. The third kappa shape index (κ3) is 3.03. The second-order valence-corrected chi connectivity index (χ2v) is 9.90. The number of nitrogens with zero attached hydrogens (tertiary/aromatic N) is 6. The van der Waals surface area contributed by atoms with Gasteiger partial charge in [-0.3, -0.25) is 0 Å². The number of hydrogen-bond donors (Lipinski definition) is 0. The molecule has 0 radical (unpaired) electrons. The van der Waals surface area contributed by atoms with Gasteiger partial charge in [-0.05, 0) is 42.5 Å². The van der Waals surface area contributed by atoms with Gasteiger partial charge in [-0.25, -0.2) is 8.42 Å². The van der Waals surface area contributed by atoms with E-state index in [9.17, 15) is 8.42 Å². The molecule has 2 aromatic rings. The van der Waals surface area contributed by atoms with Crippen LogP contribution < -0.4 is 9.80 Å². The summed E-state index contributed by atoms with van der Waals surface area (Å²) in [7, 11) is -1.02. The first-order valence-electron chi connectivity index (χ1n) is 9.38. The van der Waals surface area contributed by atoms with E-state index in [0.29, 0.717) is 12.5 Å². The molecule has 0 atom stereocenters. The van der Waals surface area contributed by atoms with Gasteiger partial charge in [0.2, 0.25) is 0 Å². The van der Waals surface area contributed by atoms with Crippen molar-refractivity contribution in [2.24, 2.45) is 0 Å². The lowest BCUT2D eigenvalue weighted by atomic mass is 10.1. The van der Waals surface area contributed by atoms with E-state index in [2.05, 4.69) is 36.3 Å². The Morgan fingerprint density at radius 1 is 1.00 bits per heavy atom. The maximum absolute atomic E-state index is 11.9. The van der Waals surface area contributed by atoms with Crippen LogP contribution in [-0.4, -0.2) is 60.7 Å². The van der Waals surface area contributed by atoms with Crippen molar-refractivity contribution in [3.63, 3.8) is 0 Å². The van der Waals surface area contributed by atoms with E-state index in [4.69, 9.17) is 0 Å². The summed E-state index contributed by atoms with van der Waals surface area (Å²) in [4.78, 5) is 4.31. The van der Waals surface area contributed by atoms with E-state index < -0.39 is 9.84 Å². The van der Waals surface area contributed by atoms with Crippen molar-refractivity contribution in [2.75, 3.05) is 35.7 Å². The minimum atomic E-state index is -3.01. The van der Waals surface area contributed by atoms with Gasteiger partial charge in [0.05, 0.1) is 28.9 Å². The molecule has 0 bridgehead atoms. The van der Waals surface area contributed by atoms with Gasteiger partial charge in [0.1, 0.15) is 0 Å². The van der Waals surface area contributed by atoms with Crippen LogP contribution in [0.25, 0.3) is 0 Å². The van der Waals surface area contributed by atoms with E-state index in [1.165, 1.54) is 12.0 Å². The number of rotatable bonds is 3. The Hall–Kier alpha value is -2.29. The molecular weight excluding hydrogens is 364 g/mol. The van der Waals surface area contributed by atoms with Crippen LogP contribution in [-0.2, 0) is 34.9 Å². The van der Waals surface area contributed by atoms with Crippen LogP contribution in [0, 0.1) is 0 Å². The minimum Gasteiger partial charge on any atom is -0.352 e. The van der Waals surface area contributed by atoms with Crippen LogP contribution in [0.1, 0.15) is 28.9 Å². The van der Waals surface area contributed by atoms with Gasteiger partial charge in [-0.2, -0.15) is 10.2 Å². The van der Waals surface area contributed by atoms with Gasteiger partial charge in [0.25, 0.3) is 0 Å². The Bertz CT molecular complexity index is 1000. The van der Waals surface area contributed by atoms with E-state index >= 15 is 0 Å². The van der Waals surface area contributed by atoms with Crippen LogP contribution in [0.5, 0.6) is 0 Å². The molecule has 1 fully saturated rings. The summed E-state index contributed by atoms with van der Waals surface area (Å²) in [6, 6.07) is 4.36. The fourth-order valence-corrected chi connectivity index (χ4v) is 5.43. The van der Waals surface area contributed by atoms with Gasteiger partial charge < -0.3 is 9.80 Å². The first-order valence-corrected chi connectivity index (χ1v) is 11.2. The highest BCUT2D eigenvalue weighted by atomic mass is 32.2. The molecule has 1 aliphatic carbocycles. The summed E-state index contributed by atoms with van der Waals surface area (Å²) in [5.74, 6) is 1.92. The van der Waals surface area contributed by atoms with Gasteiger partial charge in [-0.1, -0.05) is 0 Å². The molecule has 0 unspecified atom stereocenters. The molecule has 0 aromatic carbocycles. The van der Waals surface area contributed by atoms with Crippen molar-refractivity contribution in [1.29, 1.82) is 0 Å². The Morgan fingerprint density at radius 2 is 1.78 bits per heavy atom. The monoisotopic (exact) mass is 386 g/mol. The van der Waals surface area contributed by atoms with Crippen molar-refractivity contribution in [1.82, 2.24) is 20.4 Å². The van der Waals surface area contributed by atoms with Crippen LogP contribution >= 0.6 is 0 Å². The molecule has 3 aliphatic rings. The molecule has 1 saturated heterocycles. The minimum absolute atomic E-state index is 0.0696. The van der Waals surface area contributed by atoms with Gasteiger partial charge in [0.15, 0.2) is 21.5 Å². The maximum atomic E-state index is 11.9. The summed E-state index contributed by atoms with van der Waals surface area (Å²) < 4.78 is 23.8. The Labute approximate surface area is 158 Å². The number of aromatic nitrogens is 4. The summed E-state index contributed by atoms with van der Waals surface area (Å²) >= 11 is 0. The van der Waals surface area contributed by atoms with Crippen LogP contribution in [0.2, 0.25) is 0 Å². The lowest BCUT2D eigenvalue weighted by Crippen LogP contribution is -2.59. The Morgan fingerprint density at radius 3 is 2.63 bits per heavy atom. The highest BCUT2D eigenvalue weighted by molar-refractivity contribution is 7.90. The molecular formula is C18H22N6O2S. The molecule has 0 saturated carbocycles. The molecule has 9 heteroatoms. The Balaban J connectivity index is 1.28. The lowest BCUT2D eigenvalue weighted by Gasteiger charge is -2.44. The van der Waals surface area contributed by atoms with Gasteiger partial charge >= 0.3 is 0 Å². The van der Waals surface area contributed by atoms with Gasteiger partial charge in [0, 0.05) is 26.6 Å². The van der Waals surface area contributed by atoms with E-state index in [1.807, 2.05) is 13.1 Å². The largest absolute Gasteiger partial charge is 0.352 e. The third-order valence-electron chi connectivity index (χ3n) is 5.87. The third-order valence-corrected chi connectivity index (χ3v) is 7.45. The quantitative estimate of drug-likeness (QED) is 0.755. The Kier molecular flexibility index (Phi) is 3.82. The molecule has 0 amide bonds. The fraction of sp³-hybridized carbons (Fsp3) is 0.556. The second-order valence-electron chi connectivity index (χ2n) is 7.71. The van der Waals surface area contributed by atoms with E-state index in [-0.39, 0.29) is 11.5 Å². The summed E-state index contributed by atoms with van der Waals surface area (Å²) in [5.41, 5.74) is 4.08. The number of hydrogen-bond acceptors (Lipinski definition) is 8. The summed E-state index contributed by atoms with van der Waals surface area (Å²) in [5, 5.41) is 17.3. The highest BCUT2D eigenvalue weighted by Crippen LogP contribution is 2.28. The molecule has 0 N–H and O–H groups in total. The predicted octanol–water partition coefficient (Wildman–Crippen LogP) is 0.551. The average molecular weight is 386 g/mol. The molecule has 2 aromatic heterocycles. The molecule has 27 heavy (non-hydrogen) atoms. The number of sulfone groups is 1. The first kappa shape index (κ1) is 16.9. The second kappa shape index (κ2) is 6.12. The fourth-order valence-electron chi connectivity index (χ4n) is 4.06. The molecule has 5 rings (SSSR count). The smallest absolute Gasteiger partial charge is 0.154 e. The van der Waals surface area contributed by atoms with Crippen molar-refractivity contribution < 1.29 is 8.42 Å². The zero-order valence-electron chi connectivity index (χ0n) is 15.3. The topological polar surface area (TPSA) is 92.2 Å². The summed E-state index contributed by atoms with van der Waals surface area (Å²) in [6.45, 7) is 1.70. The van der Waals surface area contributed by atoms with Crippen molar-refractivity contribution in [3.05, 3.63) is 34.6 Å². The maximum Gasteiger partial charge on any atom is 0.154 e. The average Bonchev–Trinajstić information content (AvgIpc) is 3.06. The highest BCUT2D eigenvalue weighted by Gasteiger charge is 2.33. The number of anilines is 2. The molecule has 2 aliphatic heterocycles. The zero-order chi connectivity index (χ0) is 18.6. The zero-order valence-corrected chi connectivity index (χ0v) is 16.1. The molecule has 8 nitrogen and oxygen atoms in total. The van der Waals surface area contributed by atoms with Crippen molar-refractivity contribution in [3.8, 4) is 0 Å². The lowest BCUT2D eigenvalue weighted by molar-refractivity contribution is 0.486. The first-order chi connectivity index (χ1) is 13.0. The number of fused-ring (bicyclic) bond motifs is 2. The molecule has 0 spiro atoms. The number of aryl methyl sites for hydroxylation is 3.